The van der Waals surface area contributed by atoms with Crippen LogP contribution in [0.4, 0.5) is 0 Å². The Morgan fingerprint density at radius 3 is 2.59 bits per heavy atom. The van der Waals surface area contributed by atoms with Gasteiger partial charge in [-0.15, -0.1) is 0 Å². The highest BCUT2D eigenvalue weighted by Crippen LogP contribution is 2.04. The van der Waals surface area contributed by atoms with E-state index < -0.39 is 5.97 Å². The molecule has 0 unspecified atom stereocenters. The van der Waals surface area contributed by atoms with Gasteiger partial charge in [-0.2, -0.15) is 0 Å². The van der Waals surface area contributed by atoms with Crippen LogP contribution in [0.3, 0.4) is 0 Å². The van der Waals surface area contributed by atoms with E-state index in [1.165, 1.54) is 5.94 Å². The fraction of sp³-hybridized carbons (Fsp3) is 0.308. The van der Waals surface area contributed by atoms with Gasteiger partial charge in [-0.05, 0) is 18.4 Å². The van der Waals surface area contributed by atoms with E-state index in [2.05, 4.69) is 0 Å². The minimum Gasteiger partial charge on any atom is -0.477 e. The van der Waals surface area contributed by atoms with Crippen LogP contribution in [-0.4, -0.2) is 23.6 Å². The fourth-order valence-corrected chi connectivity index (χ4v) is 1.32. The Bertz CT molecular complexity index is 405. The van der Waals surface area contributed by atoms with Crippen LogP contribution in [0.2, 0.25) is 0 Å². The normalized spacial score (nSPS) is 9.65. The molecule has 0 saturated carbocycles. The predicted molar refractivity (Wildman–Crippen MR) is 62.2 cm³/mol. The summed E-state index contributed by atoms with van der Waals surface area (Å²) in [5.74, 6) is 0.216. The van der Waals surface area contributed by atoms with Crippen LogP contribution in [-0.2, 0) is 20.9 Å². The highest BCUT2D eigenvalue weighted by molar-refractivity contribution is 5.95. The van der Waals surface area contributed by atoms with Crippen molar-refractivity contribution in [2.24, 2.45) is 0 Å². The molecule has 0 fully saturated rings. The third-order valence-corrected chi connectivity index (χ3v) is 2.21. The largest absolute Gasteiger partial charge is 0.477 e. The third kappa shape index (κ3) is 5.11. The molecule has 0 atom stereocenters. The van der Waals surface area contributed by atoms with Crippen molar-refractivity contribution in [3.63, 3.8) is 0 Å². The maximum atomic E-state index is 10.5. The Morgan fingerprint density at radius 2 is 2.00 bits per heavy atom. The van der Waals surface area contributed by atoms with E-state index >= 15 is 0 Å². The summed E-state index contributed by atoms with van der Waals surface area (Å²) in [4.78, 5) is 20.7. The summed E-state index contributed by atoms with van der Waals surface area (Å²) in [6.07, 6.45) is 0.692. The van der Waals surface area contributed by atoms with Gasteiger partial charge in [0.05, 0.1) is 6.61 Å². The standard InChI is InChI=1S/C13H14O4/c14-9-12(13(15)16)7-4-8-17-10-11-5-2-1-3-6-11/h1-3,5-6H,4,7-8,10H2,(H,15,16)/i9+2. The molecule has 0 heterocycles. The van der Waals surface area contributed by atoms with Crippen molar-refractivity contribution in [3.05, 3.63) is 41.5 Å². The lowest BCUT2D eigenvalue weighted by Gasteiger charge is -2.03. The number of hydrogen-bond donors (Lipinski definition) is 1. The molecule has 0 aliphatic carbocycles. The summed E-state index contributed by atoms with van der Waals surface area (Å²) in [5.41, 5.74) is 0.838. The molecule has 0 bridgehead atoms. The maximum absolute atomic E-state index is 10.5. The van der Waals surface area contributed by atoms with Crippen LogP contribution in [0.5, 0.6) is 0 Å². The van der Waals surface area contributed by atoms with E-state index in [1.807, 2.05) is 30.3 Å². The average Bonchev–Trinajstić information content (AvgIpc) is 2.34. The monoisotopic (exact) mass is 236 g/mol. The van der Waals surface area contributed by atoms with Gasteiger partial charge in [0.25, 0.3) is 0 Å². The molecule has 0 aliphatic heterocycles. The Morgan fingerprint density at radius 1 is 1.29 bits per heavy atom. The lowest BCUT2D eigenvalue weighted by molar-refractivity contribution is -0.132. The zero-order chi connectivity index (χ0) is 12.5. The van der Waals surface area contributed by atoms with Crippen LogP contribution in [0, 0.1) is 0 Å². The van der Waals surface area contributed by atoms with Crippen molar-refractivity contribution >= 4 is 11.9 Å². The van der Waals surface area contributed by atoms with Gasteiger partial charge in [0.2, 0.25) is 0 Å². The quantitative estimate of drug-likeness (QED) is 0.445. The van der Waals surface area contributed by atoms with E-state index in [0.717, 1.165) is 5.56 Å². The summed E-state index contributed by atoms with van der Waals surface area (Å²) in [7, 11) is 0. The Hall–Kier alpha value is -1.90. The Labute approximate surface area is 99.5 Å². The third-order valence-electron chi connectivity index (χ3n) is 2.21. The first-order valence-electron chi connectivity index (χ1n) is 5.33. The number of benzene rings is 1. The number of aliphatic carboxylic acids is 1. The SMILES string of the molecule is O=[14C]=C(CCCOCc1ccccc1)C(=O)O. The molecule has 90 valence electrons. The van der Waals surface area contributed by atoms with Crippen molar-refractivity contribution in [3.8, 4) is 0 Å². The molecule has 0 spiro atoms. The van der Waals surface area contributed by atoms with E-state index in [9.17, 15) is 9.59 Å². The zero-order valence-electron chi connectivity index (χ0n) is 9.39. The molecule has 0 aromatic heterocycles. The van der Waals surface area contributed by atoms with Crippen molar-refractivity contribution in [2.45, 2.75) is 19.4 Å². The number of rotatable bonds is 7. The maximum Gasteiger partial charge on any atom is 0.342 e. The Kier molecular flexibility index (Phi) is 5.72. The molecule has 0 amide bonds. The van der Waals surface area contributed by atoms with Gasteiger partial charge in [-0.1, -0.05) is 30.3 Å². The number of carbonyl (C=O) groups excluding carboxylic acids is 1. The van der Waals surface area contributed by atoms with Crippen LogP contribution < -0.4 is 0 Å². The first kappa shape index (κ1) is 13.2. The molecule has 0 radical (unpaired) electrons. The summed E-state index contributed by atoms with van der Waals surface area (Å²) in [6, 6.07) is 9.69. The highest BCUT2D eigenvalue weighted by Gasteiger charge is 2.07. The summed E-state index contributed by atoms with van der Waals surface area (Å²) >= 11 is 0. The summed E-state index contributed by atoms with van der Waals surface area (Å²) < 4.78 is 5.36. The van der Waals surface area contributed by atoms with Crippen molar-refractivity contribution in [1.29, 1.82) is 0 Å². The first-order valence-corrected chi connectivity index (χ1v) is 5.33. The molecule has 4 nitrogen and oxygen atoms in total. The van der Waals surface area contributed by atoms with Gasteiger partial charge < -0.3 is 9.84 Å². The van der Waals surface area contributed by atoms with Gasteiger partial charge >= 0.3 is 5.97 Å². The molecule has 0 aliphatic rings. The van der Waals surface area contributed by atoms with E-state index in [-0.39, 0.29) is 12.0 Å². The molecule has 4 heteroatoms. The number of carbonyl (C=O) groups is 1. The topological polar surface area (TPSA) is 63.6 Å². The molecule has 1 aromatic rings. The average molecular weight is 236 g/mol. The van der Waals surface area contributed by atoms with Crippen LogP contribution >= 0.6 is 0 Å². The number of hydrogen-bond acceptors (Lipinski definition) is 3. The Balaban J connectivity index is 2.17. The molecule has 0 saturated heterocycles. The second-order valence-electron chi connectivity index (χ2n) is 3.53. The lowest BCUT2D eigenvalue weighted by Crippen LogP contribution is -2.03. The lowest BCUT2D eigenvalue weighted by atomic mass is 10.2. The molecule has 1 aromatic carbocycles. The first-order chi connectivity index (χ1) is 8.24. The minimum absolute atomic E-state index is 0.188. The van der Waals surface area contributed by atoms with Crippen LogP contribution in [0.25, 0.3) is 0 Å². The second kappa shape index (κ2) is 7.39. The molecular weight excluding hydrogens is 222 g/mol. The number of ether oxygens (including phenoxy) is 1. The fourth-order valence-electron chi connectivity index (χ4n) is 1.32. The number of carboxylic acid groups (broad SMARTS) is 1. The summed E-state index contributed by atoms with van der Waals surface area (Å²) in [5, 5.41) is 8.57. The van der Waals surface area contributed by atoms with Gasteiger partial charge in [-0.25, -0.2) is 9.59 Å². The molecule has 1 N–H and O–H groups in total. The summed E-state index contributed by atoms with van der Waals surface area (Å²) in [6.45, 7) is 0.918. The van der Waals surface area contributed by atoms with Crippen LogP contribution in [0.15, 0.2) is 35.9 Å². The van der Waals surface area contributed by atoms with Crippen molar-refractivity contribution in [2.75, 3.05) is 6.61 Å². The minimum atomic E-state index is -1.21. The smallest absolute Gasteiger partial charge is 0.342 e. The highest BCUT2D eigenvalue weighted by atomic mass is 16.5. The van der Waals surface area contributed by atoms with E-state index in [4.69, 9.17) is 9.84 Å². The molecule has 1 rings (SSSR count). The molecule has 17 heavy (non-hydrogen) atoms. The predicted octanol–water partition coefficient (Wildman–Crippen LogP) is 1.83. The van der Waals surface area contributed by atoms with Crippen LogP contribution in [0.1, 0.15) is 18.4 Å². The molecular formula is C13H14O4. The van der Waals surface area contributed by atoms with Crippen molar-refractivity contribution in [1.82, 2.24) is 0 Å². The van der Waals surface area contributed by atoms with Gasteiger partial charge in [0.1, 0.15) is 11.5 Å². The van der Waals surface area contributed by atoms with Gasteiger partial charge in [-0.3, -0.25) is 0 Å². The van der Waals surface area contributed by atoms with Gasteiger partial charge in [0, 0.05) is 6.61 Å². The van der Waals surface area contributed by atoms with Gasteiger partial charge in [0.15, 0.2) is 0 Å². The van der Waals surface area contributed by atoms with Crippen molar-refractivity contribution < 1.29 is 19.4 Å². The second-order valence-corrected chi connectivity index (χ2v) is 3.53. The van der Waals surface area contributed by atoms with E-state index in [0.29, 0.717) is 19.6 Å². The zero-order valence-corrected chi connectivity index (χ0v) is 9.39. The van der Waals surface area contributed by atoms with E-state index in [1.54, 1.807) is 0 Å². The number of carboxylic acids is 1.